The van der Waals surface area contributed by atoms with Gasteiger partial charge in [0.1, 0.15) is 22.9 Å². The Morgan fingerprint density at radius 1 is 1.12 bits per heavy atom. The maximum absolute atomic E-state index is 12.0. The van der Waals surface area contributed by atoms with Gasteiger partial charge in [-0.2, -0.15) is 0 Å². The molecular formula is C26H40N4O4. The summed E-state index contributed by atoms with van der Waals surface area (Å²) in [7, 11) is 3.31. The van der Waals surface area contributed by atoms with Crippen molar-refractivity contribution in [3.63, 3.8) is 0 Å². The van der Waals surface area contributed by atoms with Gasteiger partial charge in [-0.05, 0) is 50.9 Å². The number of carbonyl (C=O) groups excluding carboxylic acids is 1. The molecule has 0 aliphatic heterocycles. The SMILES string of the molecule is CC(C)C1(C)CC(=Nc2cc(O)c(N=CC=O)cc2O)CCC(=NC(C)(C)CC[N+](C)(C)[O-])C1. The summed E-state index contributed by atoms with van der Waals surface area (Å²) >= 11 is 0. The van der Waals surface area contributed by atoms with Crippen molar-refractivity contribution in [2.24, 2.45) is 26.3 Å². The summed E-state index contributed by atoms with van der Waals surface area (Å²) in [6, 6.07) is 2.68. The van der Waals surface area contributed by atoms with Crippen LogP contribution in [0, 0.1) is 16.5 Å². The largest absolute Gasteiger partial charge is 0.633 e. The first-order chi connectivity index (χ1) is 15.6. The van der Waals surface area contributed by atoms with E-state index in [0.717, 1.165) is 36.9 Å². The highest BCUT2D eigenvalue weighted by atomic mass is 16.5. The third-order valence-electron chi connectivity index (χ3n) is 6.66. The van der Waals surface area contributed by atoms with Gasteiger partial charge in [-0.15, -0.1) is 0 Å². The molecule has 0 bridgehead atoms. The average molecular weight is 473 g/mol. The highest BCUT2D eigenvalue weighted by Gasteiger charge is 2.35. The quantitative estimate of drug-likeness (QED) is 0.130. The van der Waals surface area contributed by atoms with Crippen LogP contribution in [0.15, 0.2) is 27.1 Å². The van der Waals surface area contributed by atoms with E-state index >= 15 is 0 Å². The molecule has 0 aromatic heterocycles. The molecule has 1 atom stereocenters. The molecule has 0 spiro atoms. The Balaban J connectivity index is 2.37. The van der Waals surface area contributed by atoms with Gasteiger partial charge >= 0.3 is 0 Å². The fourth-order valence-corrected chi connectivity index (χ4v) is 4.11. The van der Waals surface area contributed by atoms with Gasteiger partial charge in [-0.1, -0.05) is 20.8 Å². The Kier molecular flexibility index (Phi) is 8.77. The number of hydrogen-bond acceptors (Lipinski definition) is 7. The summed E-state index contributed by atoms with van der Waals surface area (Å²) in [6.45, 7) is 11.3. The summed E-state index contributed by atoms with van der Waals surface area (Å²) in [5, 5.41) is 32.7. The Morgan fingerprint density at radius 2 is 1.68 bits per heavy atom. The number of hydrogen-bond donors (Lipinski definition) is 2. The van der Waals surface area contributed by atoms with Crippen molar-refractivity contribution >= 4 is 35.3 Å². The first-order valence-electron chi connectivity index (χ1n) is 11.9. The first-order valence-corrected chi connectivity index (χ1v) is 11.9. The number of aldehydes is 1. The molecule has 1 saturated carbocycles. The van der Waals surface area contributed by atoms with Gasteiger partial charge in [0.15, 0.2) is 6.29 Å². The molecule has 0 amide bonds. The number of aliphatic imine (C=N–C) groups is 3. The molecule has 2 rings (SSSR count). The topological polar surface area (TPSA) is 118 Å². The van der Waals surface area contributed by atoms with Crippen LogP contribution in [-0.2, 0) is 4.79 Å². The highest BCUT2D eigenvalue weighted by molar-refractivity contribution is 6.13. The van der Waals surface area contributed by atoms with Crippen molar-refractivity contribution in [2.45, 2.75) is 72.3 Å². The van der Waals surface area contributed by atoms with Gasteiger partial charge in [-0.3, -0.25) is 14.8 Å². The minimum Gasteiger partial charge on any atom is -0.633 e. The van der Waals surface area contributed by atoms with Crippen LogP contribution in [0.1, 0.15) is 66.7 Å². The van der Waals surface area contributed by atoms with E-state index in [4.69, 9.17) is 9.98 Å². The van der Waals surface area contributed by atoms with Crippen molar-refractivity contribution in [1.29, 1.82) is 0 Å². The molecule has 2 N–H and O–H groups in total. The van der Waals surface area contributed by atoms with Gasteiger partial charge in [0.05, 0.1) is 32.4 Å². The lowest BCUT2D eigenvalue weighted by Gasteiger charge is -2.37. The first kappa shape index (κ1) is 27.7. The van der Waals surface area contributed by atoms with Gasteiger partial charge in [0.25, 0.3) is 0 Å². The maximum Gasteiger partial charge on any atom is 0.161 e. The summed E-state index contributed by atoms with van der Waals surface area (Å²) < 4.78 is -0.329. The second kappa shape index (κ2) is 10.8. The van der Waals surface area contributed by atoms with Crippen LogP contribution in [0.2, 0.25) is 0 Å². The zero-order chi connectivity index (χ0) is 25.7. The molecule has 0 radical (unpaired) electrons. The van der Waals surface area contributed by atoms with E-state index < -0.39 is 0 Å². The molecule has 8 nitrogen and oxygen atoms in total. The number of nitrogens with zero attached hydrogens (tertiary/aromatic N) is 4. The van der Waals surface area contributed by atoms with Gasteiger partial charge in [0, 0.05) is 30.0 Å². The molecule has 0 saturated heterocycles. The van der Waals surface area contributed by atoms with Crippen LogP contribution >= 0.6 is 0 Å². The summed E-state index contributed by atoms with van der Waals surface area (Å²) in [5.74, 6) is 0.120. The molecule has 1 aliphatic rings. The number of benzene rings is 1. The molecule has 1 aromatic carbocycles. The highest BCUT2D eigenvalue weighted by Crippen LogP contribution is 2.42. The number of phenolic OH excluding ortho intramolecular Hbond substituents is 2. The molecule has 34 heavy (non-hydrogen) atoms. The van der Waals surface area contributed by atoms with E-state index in [1.165, 1.54) is 12.1 Å². The molecule has 1 aliphatic carbocycles. The fraction of sp³-hybridized carbons (Fsp3) is 0.615. The lowest BCUT2D eigenvalue weighted by molar-refractivity contribution is -0.840. The van der Waals surface area contributed by atoms with Crippen molar-refractivity contribution in [3.05, 3.63) is 17.3 Å². The number of hydroxylamine groups is 3. The van der Waals surface area contributed by atoms with Crippen LogP contribution in [0.25, 0.3) is 0 Å². The summed E-state index contributed by atoms with van der Waals surface area (Å²) in [6.07, 6.45) is 5.28. The van der Waals surface area contributed by atoms with Crippen LogP contribution in [0.5, 0.6) is 11.5 Å². The van der Waals surface area contributed by atoms with E-state index in [0.29, 0.717) is 31.6 Å². The summed E-state index contributed by atoms with van der Waals surface area (Å²) in [4.78, 5) is 24.2. The van der Waals surface area contributed by atoms with Crippen LogP contribution in [0.3, 0.4) is 0 Å². The number of carbonyl (C=O) groups is 1. The number of rotatable bonds is 8. The number of aromatic hydroxyl groups is 2. The lowest BCUT2D eigenvalue weighted by Crippen LogP contribution is -2.37. The zero-order valence-corrected chi connectivity index (χ0v) is 21.6. The normalized spacial score (nSPS) is 22.6. The van der Waals surface area contributed by atoms with Gasteiger partial charge in [0.2, 0.25) is 0 Å². The Hall–Kier alpha value is -2.58. The lowest BCUT2D eigenvalue weighted by atomic mass is 9.72. The van der Waals surface area contributed by atoms with E-state index in [2.05, 4.69) is 39.6 Å². The zero-order valence-electron chi connectivity index (χ0n) is 21.6. The third-order valence-corrected chi connectivity index (χ3v) is 6.66. The molecule has 1 fully saturated rings. The van der Waals surface area contributed by atoms with Crippen LogP contribution < -0.4 is 0 Å². The van der Waals surface area contributed by atoms with Gasteiger partial charge < -0.3 is 20.1 Å². The Labute approximate surface area is 203 Å². The average Bonchev–Trinajstić information content (AvgIpc) is 2.86. The summed E-state index contributed by atoms with van der Waals surface area (Å²) in [5.41, 5.74) is 2.07. The smallest absolute Gasteiger partial charge is 0.161 e. The molecule has 0 heterocycles. The minimum atomic E-state index is -0.329. The molecule has 8 heteroatoms. The fourth-order valence-electron chi connectivity index (χ4n) is 4.11. The van der Waals surface area contributed by atoms with E-state index in [-0.39, 0.29) is 38.5 Å². The van der Waals surface area contributed by atoms with Crippen molar-refractivity contribution in [1.82, 2.24) is 0 Å². The molecular weight excluding hydrogens is 432 g/mol. The van der Waals surface area contributed by atoms with Gasteiger partial charge in [-0.25, -0.2) is 4.99 Å². The third kappa shape index (κ3) is 8.02. The number of phenols is 2. The predicted molar refractivity (Wildman–Crippen MR) is 139 cm³/mol. The van der Waals surface area contributed by atoms with Crippen molar-refractivity contribution in [3.8, 4) is 11.5 Å². The van der Waals surface area contributed by atoms with Crippen molar-refractivity contribution < 1.29 is 19.7 Å². The monoisotopic (exact) mass is 472 g/mol. The van der Waals surface area contributed by atoms with Crippen LogP contribution in [-0.4, -0.2) is 65.0 Å². The maximum atomic E-state index is 12.0. The van der Waals surface area contributed by atoms with Crippen LogP contribution in [0.4, 0.5) is 11.4 Å². The van der Waals surface area contributed by atoms with E-state index in [1.54, 1.807) is 14.1 Å². The predicted octanol–water partition coefficient (Wildman–Crippen LogP) is 5.49. The second-order valence-electron chi connectivity index (χ2n) is 11.1. The minimum absolute atomic E-state index is 0.0655. The molecule has 1 aromatic rings. The number of quaternary nitrogens is 1. The Morgan fingerprint density at radius 3 is 2.26 bits per heavy atom. The second-order valence-corrected chi connectivity index (χ2v) is 11.1. The standard InChI is InChI=1S/C26H40N4O4/c1-18(2)26(5)16-19(28-22-15-23(32)21(14-24(22)33)27-11-13-31)8-9-20(17-26)29-25(3,4)10-12-30(6,7)34/h11,13-15,18,32-33H,8-10,12,16-17H2,1-7H3. The van der Waals surface area contributed by atoms with Crippen molar-refractivity contribution in [2.75, 3.05) is 20.6 Å². The molecule has 188 valence electrons. The van der Waals surface area contributed by atoms with E-state index in [1.807, 2.05) is 0 Å². The molecule has 1 unspecified atom stereocenters. The van der Waals surface area contributed by atoms with E-state index in [9.17, 15) is 20.2 Å². The Bertz CT molecular complexity index is 974.